The van der Waals surface area contributed by atoms with E-state index in [1.807, 2.05) is 6.92 Å². The Hall–Kier alpha value is -2.11. The molecule has 0 bridgehead atoms. The third-order valence-electron chi connectivity index (χ3n) is 2.31. The number of anilines is 1. The molecule has 1 aromatic heterocycles. The smallest absolute Gasteiger partial charge is 0.335 e. The van der Waals surface area contributed by atoms with Crippen molar-refractivity contribution in [3.8, 4) is 0 Å². The molecule has 0 aromatic carbocycles. The molecule has 0 aliphatic rings. The number of aryl methyl sites for hydroxylation is 1. The summed E-state index contributed by atoms with van der Waals surface area (Å²) in [5.41, 5.74) is 0.730. The topological polar surface area (TPSA) is 91.3 Å². The van der Waals surface area contributed by atoms with Crippen LogP contribution in [0.3, 0.4) is 0 Å². The van der Waals surface area contributed by atoms with Crippen LogP contribution in [-0.4, -0.2) is 34.6 Å². The maximum atomic E-state index is 11.5. The molecule has 0 saturated heterocycles. The van der Waals surface area contributed by atoms with Crippen molar-refractivity contribution in [2.75, 3.05) is 11.9 Å². The Kier molecular flexibility index (Phi) is 4.65. The average molecular weight is 251 g/mol. The van der Waals surface area contributed by atoms with Crippen LogP contribution in [0.25, 0.3) is 0 Å². The van der Waals surface area contributed by atoms with Crippen LogP contribution in [0.4, 0.5) is 5.82 Å². The van der Waals surface area contributed by atoms with E-state index in [-0.39, 0.29) is 11.5 Å². The summed E-state index contributed by atoms with van der Waals surface area (Å²) in [6, 6.07) is 2.41. The molecule has 98 valence electrons. The summed E-state index contributed by atoms with van der Waals surface area (Å²) in [6.45, 7) is 5.77. The maximum Gasteiger partial charge on any atom is 0.335 e. The summed E-state index contributed by atoms with van der Waals surface area (Å²) in [4.78, 5) is 26.6. The van der Waals surface area contributed by atoms with E-state index in [4.69, 9.17) is 5.11 Å². The Bertz CT molecular complexity index is 460. The van der Waals surface area contributed by atoms with Crippen molar-refractivity contribution in [1.29, 1.82) is 0 Å². The fraction of sp³-hybridized carbons (Fsp3) is 0.417. The molecule has 1 amide bonds. The number of carbonyl (C=O) groups excluding carboxylic acids is 1. The Labute approximate surface area is 105 Å². The number of nitrogens with one attached hydrogen (secondary N) is 2. The van der Waals surface area contributed by atoms with Crippen molar-refractivity contribution < 1.29 is 14.7 Å². The molecule has 18 heavy (non-hydrogen) atoms. The average Bonchev–Trinajstić information content (AvgIpc) is 2.28. The number of pyridine rings is 1. The number of hydrogen-bond acceptors (Lipinski definition) is 4. The Morgan fingerprint density at radius 1 is 1.44 bits per heavy atom. The number of carboxylic acid groups (broad SMARTS) is 1. The minimum absolute atomic E-state index is 0.146. The molecule has 0 fully saturated rings. The largest absolute Gasteiger partial charge is 0.478 e. The molecule has 0 aliphatic carbocycles. The van der Waals surface area contributed by atoms with Gasteiger partial charge in [-0.15, -0.1) is 0 Å². The van der Waals surface area contributed by atoms with E-state index in [1.165, 1.54) is 12.1 Å². The lowest BCUT2D eigenvalue weighted by atomic mass is 10.2. The molecule has 3 N–H and O–H groups in total. The van der Waals surface area contributed by atoms with Gasteiger partial charge in [0.15, 0.2) is 0 Å². The predicted molar refractivity (Wildman–Crippen MR) is 67.7 cm³/mol. The van der Waals surface area contributed by atoms with Crippen molar-refractivity contribution >= 4 is 17.7 Å². The summed E-state index contributed by atoms with van der Waals surface area (Å²) in [7, 11) is 0. The highest BCUT2D eigenvalue weighted by Crippen LogP contribution is 2.11. The Morgan fingerprint density at radius 2 is 2.11 bits per heavy atom. The Balaban J connectivity index is 2.84. The molecular weight excluding hydrogens is 234 g/mol. The van der Waals surface area contributed by atoms with Gasteiger partial charge in [-0.1, -0.05) is 0 Å². The number of carboxylic acids is 1. The molecule has 1 rings (SSSR count). The van der Waals surface area contributed by atoms with Crippen molar-refractivity contribution in [3.05, 3.63) is 23.4 Å². The van der Waals surface area contributed by atoms with Crippen LogP contribution < -0.4 is 10.6 Å². The third kappa shape index (κ3) is 3.73. The van der Waals surface area contributed by atoms with Gasteiger partial charge in [0, 0.05) is 12.2 Å². The first kappa shape index (κ1) is 14.0. The minimum atomic E-state index is -1.02. The first-order valence-corrected chi connectivity index (χ1v) is 5.70. The standard InChI is InChI=1S/C12H17N3O3/c1-4-13-11(16)8(3)15-10-6-9(12(17)18)5-7(2)14-10/h5-6,8H,4H2,1-3H3,(H,13,16)(H,14,15)(H,17,18). The summed E-state index contributed by atoms with van der Waals surface area (Å²) in [6.07, 6.45) is 0. The predicted octanol–water partition coefficient (Wildman–Crippen LogP) is 1.02. The van der Waals surface area contributed by atoms with E-state index in [0.717, 1.165) is 0 Å². The van der Waals surface area contributed by atoms with E-state index in [0.29, 0.717) is 18.1 Å². The molecule has 6 heteroatoms. The van der Waals surface area contributed by atoms with Gasteiger partial charge >= 0.3 is 5.97 Å². The van der Waals surface area contributed by atoms with Gasteiger partial charge in [0.1, 0.15) is 11.9 Å². The number of amides is 1. The second kappa shape index (κ2) is 6.00. The van der Waals surface area contributed by atoms with Gasteiger partial charge in [0.2, 0.25) is 5.91 Å². The summed E-state index contributed by atoms with van der Waals surface area (Å²) in [5, 5.41) is 14.5. The quantitative estimate of drug-likeness (QED) is 0.727. The molecule has 1 aromatic rings. The third-order valence-corrected chi connectivity index (χ3v) is 2.31. The summed E-state index contributed by atoms with van der Waals surface area (Å²) in [5.74, 6) is -0.793. The van der Waals surface area contributed by atoms with Gasteiger partial charge in [-0.05, 0) is 32.9 Å². The number of hydrogen-bond donors (Lipinski definition) is 3. The van der Waals surface area contributed by atoms with Gasteiger partial charge < -0.3 is 15.7 Å². The van der Waals surface area contributed by atoms with Crippen LogP contribution in [0, 0.1) is 6.92 Å². The van der Waals surface area contributed by atoms with E-state index >= 15 is 0 Å². The molecule has 0 radical (unpaired) electrons. The lowest BCUT2D eigenvalue weighted by molar-refractivity contribution is -0.121. The Morgan fingerprint density at radius 3 is 2.67 bits per heavy atom. The fourth-order valence-corrected chi connectivity index (χ4v) is 1.48. The van der Waals surface area contributed by atoms with Crippen molar-refractivity contribution in [2.45, 2.75) is 26.8 Å². The molecule has 0 spiro atoms. The number of nitrogens with zero attached hydrogens (tertiary/aromatic N) is 1. The second-order valence-electron chi connectivity index (χ2n) is 3.95. The van der Waals surface area contributed by atoms with E-state index in [9.17, 15) is 9.59 Å². The van der Waals surface area contributed by atoms with Crippen LogP contribution in [0.15, 0.2) is 12.1 Å². The lowest BCUT2D eigenvalue weighted by Crippen LogP contribution is -2.37. The van der Waals surface area contributed by atoms with Crippen LogP contribution in [-0.2, 0) is 4.79 Å². The molecule has 1 unspecified atom stereocenters. The highest BCUT2D eigenvalue weighted by molar-refractivity contribution is 5.89. The van der Waals surface area contributed by atoms with Crippen molar-refractivity contribution in [2.24, 2.45) is 0 Å². The number of rotatable bonds is 5. The number of likely N-dealkylation sites (N-methyl/N-ethyl adjacent to an activating group) is 1. The highest BCUT2D eigenvalue weighted by atomic mass is 16.4. The first-order valence-electron chi connectivity index (χ1n) is 5.70. The monoisotopic (exact) mass is 251 g/mol. The van der Waals surface area contributed by atoms with Gasteiger partial charge in [0.25, 0.3) is 0 Å². The molecule has 1 atom stereocenters. The normalized spacial score (nSPS) is 11.7. The van der Waals surface area contributed by atoms with E-state index in [2.05, 4.69) is 15.6 Å². The van der Waals surface area contributed by atoms with E-state index < -0.39 is 12.0 Å². The van der Waals surface area contributed by atoms with Crippen LogP contribution in [0.1, 0.15) is 29.9 Å². The van der Waals surface area contributed by atoms with Crippen LogP contribution in [0.5, 0.6) is 0 Å². The van der Waals surface area contributed by atoms with Gasteiger partial charge in [-0.3, -0.25) is 4.79 Å². The fourth-order valence-electron chi connectivity index (χ4n) is 1.48. The number of carbonyl (C=O) groups is 2. The van der Waals surface area contributed by atoms with E-state index in [1.54, 1.807) is 13.8 Å². The number of aromatic nitrogens is 1. The second-order valence-corrected chi connectivity index (χ2v) is 3.95. The zero-order chi connectivity index (χ0) is 13.7. The molecule has 0 saturated carbocycles. The summed E-state index contributed by atoms with van der Waals surface area (Å²) >= 11 is 0. The SMILES string of the molecule is CCNC(=O)C(C)Nc1cc(C(=O)O)cc(C)n1. The summed E-state index contributed by atoms with van der Waals surface area (Å²) < 4.78 is 0. The zero-order valence-corrected chi connectivity index (χ0v) is 10.7. The van der Waals surface area contributed by atoms with Crippen LogP contribution in [0.2, 0.25) is 0 Å². The maximum absolute atomic E-state index is 11.5. The molecule has 1 heterocycles. The number of aromatic carboxylic acids is 1. The van der Waals surface area contributed by atoms with Crippen LogP contribution >= 0.6 is 0 Å². The highest BCUT2D eigenvalue weighted by Gasteiger charge is 2.13. The first-order chi connectivity index (χ1) is 8.43. The van der Waals surface area contributed by atoms with Crippen molar-refractivity contribution in [1.82, 2.24) is 10.3 Å². The molecule has 6 nitrogen and oxygen atoms in total. The molecular formula is C12H17N3O3. The minimum Gasteiger partial charge on any atom is -0.478 e. The van der Waals surface area contributed by atoms with Gasteiger partial charge in [-0.25, -0.2) is 9.78 Å². The lowest BCUT2D eigenvalue weighted by Gasteiger charge is -2.14. The van der Waals surface area contributed by atoms with Crippen molar-refractivity contribution in [3.63, 3.8) is 0 Å². The zero-order valence-electron chi connectivity index (χ0n) is 10.7. The van der Waals surface area contributed by atoms with Gasteiger partial charge in [-0.2, -0.15) is 0 Å². The van der Waals surface area contributed by atoms with Gasteiger partial charge in [0.05, 0.1) is 5.56 Å². The molecule has 0 aliphatic heterocycles.